The number of aromatic nitrogens is 1. The Morgan fingerprint density at radius 2 is 2.11 bits per heavy atom. The maximum absolute atomic E-state index is 12.4. The van der Waals surface area contributed by atoms with Gasteiger partial charge in [0.1, 0.15) is 5.75 Å². The number of carboxylic acids is 1. The Morgan fingerprint density at radius 3 is 2.93 bits per heavy atom. The number of para-hydroxylation sites is 1. The third-order valence-corrected chi connectivity index (χ3v) is 4.81. The van der Waals surface area contributed by atoms with Crippen molar-refractivity contribution in [1.82, 2.24) is 15.6 Å². The van der Waals surface area contributed by atoms with Gasteiger partial charge in [-0.25, -0.2) is 4.79 Å². The van der Waals surface area contributed by atoms with E-state index in [0.717, 1.165) is 24.2 Å². The first kappa shape index (κ1) is 17.5. The molecule has 27 heavy (non-hydrogen) atoms. The van der Waals surface area contributed by atoms with Crippen molar-refractivity contribution in [1.29, 1.82) is 0 Å². The van der Waals surface area contributed by atoms with Crippen LogP contribution in [0.2, 0.25) is 0 Å². The first-order chi connectivity index (χ1) is 13.0. The van der Waals surface area contributed by atoms with Gasteiger partial charge in [-0.05, 0) is 35.2 Å². The Bertz CT molecular complexity index is 920. The molecule has 9 heteroatoms. The summed E-state index contributed by atoms with van der Waals surface area (Å²) in [6, 6.07) is 6.67. The van der Waals surface area contributed by atoms with Crippen molar-refractivity contribution in [3.05, 3.63) is 58.4 Å². The van der Waals surface area contributed by atoms with E-state index in [4.69, 9.17) is 4.65 Å². The molecule has 0 spiro atoms. The molecule has 1 aromatic carbocycles. The molecule has 2 aliphatic rings. The number of hydrogen-bond donors (Lipinski definition) is 4. The van der Waals surface area contributed by atoms with E-state index in [1.807, 2.05) is 6.07 Å². The summed E-state index contributed by atoms with van der Waals surface area (Å²) in [5, 5.41) is 25.4. The number of benzene rings is 1. The van der Waals surface area contributed by atoms with Gasteiger partial charge in [0.2, 0.25) is 5.91 Å². The zero-order chi connectivity index (χ0) is 19.0. The Balaban J connectivity index is 1.44. The maximum atomic E-state index is 12.4. The first-order valence-corrected chi connectivity index (χ1v) is 8.68. The monoisotopic (exact) mass is 367 g/mol. The third-order valence-electron chi connectivity index (χ3n) is 4.81. The molecule has 2 aromatic rings. The zero-order valence-electron chi connectivity index (χ0n) is 14.4. The van der Waals surface area contributed by atoms with Crippen molar-refractivity contribution < 1.29 is 24.4 Å². The highest BCUT2D eigenvalue weighted by molar-refractivity contribution is 6.47. The minimum atomic E-state index is -1.32. The number of nitrogens with one attached hydrogen (secondary N) is 2. The lowest BCUT2D eigenvalue weighted by atomic mass is 9.72. The van der Waals surface area contributed by atoms with Crippen LogP contribution in [0.15, 0.2) is 30.5 Å². The summed E-state index contributed by atoms with van der Waals surface area (Å²) >= 11 is 0. The number of fused-ring (bicyclic) bond motifs is 2. The molecule has 0 saturated heterocycles. The van der Waals surface area contributed by atoms with Gasteiger partial charge in [0.15, 0.2) is 0 Å². The average molecular weight is 367 g/mol. The summed E-state index contributed by atoms with van der Waals surface area (Å²) < 4.78 is 5.38. The van der Waals surface area contributed by atoms with Crippen molar-refractivity contribution in [2.75, 3.05) is 0 Å². The molecule has 1 amide bonds. The van der Waals surface area contributed by atoms with E-state index in [2.05, 4.69) is 15.6 Å². The fraction of sp³-hybridized carbons (Fsp3) is 0.278. The second kappa shape index (κ2) is 7.01. The van der Waals surface area contributed by atoms with Crippen LogP contribution in [0.5, 0.6) is 5.75 Å². The summed E-state index contributed by atoms with van der Waals surface area (Å²) in [6.45, 7) is 1.56. The molecule has 0 aliphatic carbocycles. The lowest BCUT2D eigenvalue weighted by molar-refractivity contribution is -0.120. The molecule has 4 N–H and O–H groups in total. The van der Waals surface area contributed by atoms with Crippen LogP contribution in [0.25, 0.3) is 0 Å². The standard InChI is InChI=1S/C18H18BN3O5/c23-16(6-13-4-11-7-20-8-12(11)9-21-13)22-15-5-10-2-1-3-14(18(24)25)17(10)27-19(15)26/h1-4,9,15,20,26H,5-8H2,(H,22,23)(H,24,25)/t15-/m0/s1. The number of carbonyl (C=O) groups is 2. The van der Waals surface area contributed by atoms with Gasteiger partial charge in [-0.1, -0.05) is 12.1 Å². The molecular weight excluding hydrogens is 349 g/mol. The number of pyridine rings is 1. The summed E-state index contributed by atoms with van der Waals surface area (Å²) in [6.07, 6.45) is 2.16. The van der Waals surface area contributed by atoms with Crippen LogP contribution < -0.4 is 15.3 Å². The predicted octanol–water partition coefficient (Wildman–Crippen LogP) is 0.0651. The van der Waals surface area contributed by atoms with E-state index in [1.54, 1.807) is 18.3 Å². The van der Waals surface area contributed by atoms with Crippen LogP contribution in [0, 0.1) is 0 Å². The summed E-state index contributed by atoms with van der Waals surface area (Å²) in [4.78, 5) is 28.0. The van der Waals surface area contributed by atoms with Crippen LogP contribution in [-0.4, -0.2) is 40.1 Å². The number of aromatic carboxylic acids is 1. The van der Waals surface area contributed by atoms with Gasteiger partial charge in [0.25, 0.3) is 0 Å². The summed E-state index contributed by atoms with van der Waals surface area (Å²) in [5.41, 5.74) is 3.57. The fourth-order valence-corrected chi connectivity index (χ4v) is 3.47. The van der Waals surface area contributed by atoms with Crippen LogP contribution in [-0.2, 0) is 30.7 Å². The van der Waals surface area contributed by atoms with Crippen molar-refractivity contribution in [2.24, 2.45) is 0 Å². The summed E-state index contributed by atoms with van der Waals surface area (Å²) in [7, 11) is -1.32. The molecule has 0 unspecified atom stereocenters. The van der Waals surface area contributed by atoms with Crippen LogP contribution in [0.4, 0.5) is 0 Å². The lowest BCUT2D eigenvalue weighted by Gasteiger charge is -2.28. The van der Waals surface area contributed by atoms with Gasteiger partial charge in [0.05, 0.1) is 17.9 Å². The number of carboxylic acid groups (broad SMARTS) is 1. The largest absolute Gasteiger partial charge is 0.547 e. The molecule has 4 rings (SSSR count). The average Bonchev–Trinajstić information content (AvgIpc) is 3.09. The molecule has 1 atom stereocenters. The molecule has 3 heterocycles. The van der Waals surface area contributed by atoms with E-state index in [0.29, 0.717) is 11.3 Å². The van der Waals surface area contributed by atoms with Gasteiger partial charge >= 0.3 is 13.1 Å². The molecule has 138 valence electrons. The topological polar surface area (TPSA) is 121 Å². The number of amides is 1. The quantitative estimate of drug-likeness (QED) is 0.564. The van der Waals surface area contributed by atoms with Crippen molar-refractivity contribution in [2.45, 2.75) is 31.9 Å². The van der Waals surface area contributed by atoms with Crippen molar-refractivity contribution in [3.8, 4) is 5.75 Å². The minimum absolute atomic E-state index is 0.00715. The number of rotatable bonds is 4. The van der Waals surface area contributed by atoms with E-state index >= 15 is 0 Å². The second-order valence-corrected chi connectivity index (χ2v) is 6.71. The van der Waals surface area contributed by atoms with Gasteiger partial charge in [0, 0.05) is 25.0 Å². The lowest BCUT2D eigenvalue weighted by Crippen LogP contribution is -2.53. The zero-order valence-corrected chi connectivity index (χ0v) is 14.4. The fourth-order valence-electron chi connectivity index (χ4n) is 3.47. The number of hydrogen-bond acceptors (Lipinski definition) is 6. The Kier molecular flexibility index (Phi) is 4.55. The highest BCUT2D eigenvalue weighted by Crippen LogP contribution is 2.30. The Hall–Kier alpha value is -2.91. The molecule has 0 saturated carbocycles. The predicted molar refractivity (Wildman–Crippen MR) is 96.1 cm³/mol. The molecule has 0 bridgehead atoms. The number of nitrogens with zero attached hydrogens (tertiary/aromatic N) is 1. The van der Waals surface area contributed by atoms with Crippen LogP contribution >= 0.6 is 0 Å². The Morgan fingerprint density at radius 1 is 1.30 bits per heavy atom. The normalized spacial score (nSPS) is 17.7. The van der Waals surface area contributed by atoms with Gasteiger partial charge in [-0.2, -0.15) is 0 Å². The molecule has 1 aromatic heterocycles. The summed E-state index contributed by atoms with van der Waals surface area (Å²) in [5.74, 6) is -1.92. The highest BCUT2D eigenvalue weighted by Gasteiger charge is 2.37. The maximum Gasteiger partial charge on any atom is 0.547 e. The molecular formula is C18H18BN3O5. The van der Waals surface area contributed by atoms with Gasteiger partial charge < -0.3 is 25.4 Å². The highest BCUT2D eigenvalue weighted by atomic mass is 16.5. The first-order valence-electron chi connectivity index (χ1n) is 8.68. The van der Waals surface area contributed by atoms with Crippen molar-refractivity contribution in [3.63, 3.8) is 0 Å². The van der Waals surface area contributed by atoms with E-state index in [9.17, 15) is 19.7 Å². The van der Waals surface area contributed by atoms with E-state index in [-0.39, 0.29) is 30.1 Å². The minimum Gasteiger partial charge on any atom is -0.534 e. The van der Waals surface area contributed by atoms with Crippen LogP contribution in [0.3, 0.4) is 0 Å². The van der Waals surface area contributed by atoms with E-state index in [1.165, 1.54) is 6.07 Å². The van der Waals surface area contributed by atoms with Crippen LogP contribution in [0.1, 0.15) is 32.7 Å². The smallest absolute Gasteiger partial charge is 0.534 e. The molecule has 8 nitrogen and oxygen atoms in total. The van der Waals surface area contributed by atoms with Crippen molar-refractivity contribution >= 4 is 19.0 Å². The van der Waals surface area contributed by atoms with Gasteiger partial charge in [-0.3, -0.25) is 9.78 Å². The number of carbonyl (C=O) groups excluding carboxylic acids is 1. The van der Waals surface area contributed by atoms with Gasteiger partial charge in [-0.15, -0.1) is 0 Å². The van der Waals surface area contributed by atoms with E-state index < -0.39 is 19.0 Å². The second-order valence-electron chi connectivity index (χ2n) is 6.71. The third kappa shape index (κ3) is 3.51. The Labute approximate surface area is 155 Å². The molecule has 0 radical (unpaired) electrons. The SMILES string of the molecule is O=C(Cc1cc2c(cn1)CNC2)N[C@H]1Cc2cccc(C(=O)O)c2OB1O. The molecule has 2 aliphatic heterocycles. The molecule has 0 fully saturated rings.